The Balaban J connectivity index is 1.92. The van der Waals surface area contributed by atoms with Crippen molar-refractivity contribution in [1.29, 1.82) is 0 Å². The van der Waals surface area contributed by atoms with Crippen LogP contribution in [-0.4, -0.2) is 12.4 Å². The van der Waals surface area contributed by atoms with Gasteiger partial charge in [-0.25, -0.2) is 4.39 Å². The molecule has 0 radical (unpaired) electrons. The number of carbonyl (C=O) groups is 1. The zero-order valence-electron chi connectivity index (χ0n) is 10.1. The second kappa shape index (κ2) is 6.34. The number of benzene rings is 2. The molecule has 0 aliphatic carbocycles. The monoisotopic (exact) mass is 278 g/mol. The van der Waals surface area contributed by atoms with Gasteiger partial charge in [-0.2, -0.15) is 0 Å². The van der Waals surface area contributed by atoms with Crippen LogP contribution in [0.4, 0.5) is 4.39 Å². The molecule has 0 heterocycles. The van der Waals surface area contributed by atoms with E-state index in [1.165, 1.54) is 12.1 Å². The number of ether oxygens (including phenoxy) is 1. The van der Waals surface area contributed by atoms with Crippen LogP contribution in [0.5, 0.6) is 5.75 Å². The van der Waals surface area contributed by atoms with E-state index in [1.54, 1.807) is 30.3 Å². The summed E-state index contributed by atoms with van der Waals surface area (Å²) in [7, 11) is 0. The highest BCUT2D eigenvalue weighted by Gasteiger charge is 2.10. The molecule has 0 saturated heterocycles. The van der Waals surface area contributed by atoms with Crippen molar-refractivity contribution in [2.24, 2.45) is 0 Å². The van der Waals surface area contributed by atoms with Crippen molar-refractivity contribution >= 4 is 17.4 Å². The minimum Gasteiger partial charge on any atom is -0.488 e. The molecular weight excluding hydrogens is 267 g/mol. The number of hydrogen-bond donors (Lipinski definition) is 0. The van der Waals surface area contributed by atoms with E-state index in [9.17, 15) is 9.18 Å². The van der Waals surface area contributed by atoms with Gasteiger partial charge in [0.15, 0.2) is 17.3 Å². The molecule has 0 aromatic heterocycles. The van der Waals surface area contributed by atoms with Gasteiger partial charge in [0.25, 0.3) is 0 Å². The fourth-order valence-corrected chi connectivity index (χ4v) is 1.85. The molecule has 98 valence electrons. The summed E-state index contributed by atoms with van der Waals surface area (Å²) in [4.78, 5) is 11.8. The number of ketones is 1. The molecule has 0 fully saturated rings. The molecule has 19 heavy (non-hydrogen) atoms. The normalized spacial score (nSPS) is 10.2. The van der Waals surface area contributed by atoms with Crippen molar-refractivity contribution in [1.82, 2.24) is 0 Å². The highest BCUT2D eigenvalue weighted by molar-refractivity contribution is 6.32. The van der Waals surface area contributed by atoms with E-state index < -0.39 is 5.82 Å². The van der Waals surface area contributed by atoms with Crippen LogP contribution in [0.3, 0.4) is 0 Å². The molecule has 2 nitrogen and oxygen atoms in total. The van der Waals surface area contributed by atoms with Gasteiger partial charge in [0.1, 0.15) is 0 Å². The van der Waals surface area contributed by atoms with Gasteiger partial charge in [-0.1, -0.05) is 48.0 Å². The Morgan fingerprint density at radius 1 is 1.11 bits per heavy atom. The summed E-state index contributed by atoms with van der Waals surface area (Å²) in [5, 5.41) is 0.201. The van der Waals surface area contributed by atoms with Crippen LogP contribution >= 0.6 is 11.6 Å². The molecule has 0 bridgehead atoms. The Kier molecular flexibility index (Phi) is 4.53. The number of para-hydroxylation sites is 1. The third-order valence-electron chi connectivity index (χ3n) is 2.59. The van der Waals surface area contributed by atoms with Crippen LogP contribution in [0.2, 0.25) is 5.02 Å². The second-order valence-corrected chi connectivity index (χ2v) is 4.35. The summed E-state index contributed by atoms with van der Waals surface area (Å²) in [5.41, 5.74) is 0.616. The van der Waals surface area contributed by atoms with Crippen molar-refractivity contribution in [3.8, 4) is 5.75 Å². The van der Waals surface area contributed by atoms with E-state index in [-0.39, 0.29) is 29.6 Å². The average molecular weight is 279 g/mol. The van der Waals surface area contributed by atoms with Gasteiger partial charge in [0.2, 0.25) is 0 Å². The SMILES string of the molecule is O=C(CCOc1c(F)cccc1Cl)c1ccccc1. The second-order valence-electron chi connectivity index (χ2n) is 3.94. The first-order valence-corrected chi connectivity index (χ1v) is 6.21. The van der Waals surface area contributed by atoms with Crippen molar-refractivity contribution in [3.05, 3.63) is 64.9 Å². The summed E-state index contributed by atoms with van der Waals surface area (Å²) in [6.45, 7) is 0.0916. The summed E-state index contributed by atoms with van der Waals surface area (Å²) in [6, 6.07) is 13.2. The number of hydrogen-bond acceptors (Lipinski definition) is 2. The van der Waals surface area contributed by atoms with Crippen LogP contribution in [0, 0.1) is 5.82 Å². The van der Waals surface area contributed by atoms with Crippen LogP contribution < -0.4 is 4.74 Å². The van der Waals surface area contributed by atoms with Crippen LogP contribution in [0.25, 0.3) is 0 Å². The fourth-order valence-electron chi connectivity index (χ4n) is 1.63. The lowest BCUT2D eigenvalue weighted by Crippen LogP contribution is -2.07. The summed E-state index contributed by atoms with van der Waals surface area (Å²) >= 11 is 5.81. The molecule has 0 atom stereocenters. The van der Waals surface area contributed by atoms with Crippen LogP contribution in [0.1, 0.15) is 16.8 Å². The number of rotatable bonds is 5. The quantitative estimate of drug-likeness (QED) is 0.769. The van der Waals surface area contributed by atoms with Crippen molar-refractivity contribution in [2.45, 2.75) is 6.42 Å². The van der Waals surface area contributed by atoms with Gasteiger partial charge >= 0.3 is 0 Å². The lowest BCUT2D eigenvalue weighted by molar-refractivity contribution is 0.0961. The smallest absolute Gasteiger partial charge is 0.173 e. The van der Waals surface area contributed by atoms with Gasteiger partial charge in [-0.3, -0.25) is 4.79 Å². The van der Waals surface area contributed by atoms with E-state index in [2.05, 4.69) is 0 Å². The first-order valence-electron chi connectivity index (χ1n) is 5.83. The molecule has 0 aliphatic rings. The molecule has 2 aromatic carbocycles. The van der Waals surface area contributed by atoms with Gasteiger partial charge in [0, 0.05) is 12.0 Å². The molecular formula is C15H12ClFO2. The standard InChI is InChI=1S/C15H12ClFO2/c16-12-7-4-8-13(17)15(12)19-10-9-14(18)11-5-2-1-3-6-11/h1-8H,9-10H2. The average Bonchev–Trinajstić information content (AvgIpc) is 2.43. The molecule has 0 amide bonds. The minimum atomic E-state index is -0.528. The molecule has 0 spiro atoms. The third kappa shape index (κ3) is 3.55. The largest absolute Gasteiger partial charge is 0.488 e. The Morgan fingerprint density at radius 3 is 2.53 bits per heavy atom. The van der Waals surface area contributed by atoms with Crippen LogP contribution in [0.15, 0.2) is 48.5 Å². The summed E-state index contributed by atoms with van der Waals surface area (Å²) in [6.07, 6.45) is 0.175. The lowest BCUT2D eigenvalue weighted by atomic mass is 10.1. The van der Waals surface area contributed by atoms with Crippen molar-refractivity contribution in [2.75, 3.05) is 6.61 Å². The Hall–Kier alpha value is -1.87. The molecule has 0 N–H and O–H groups in total. The molecule has 4 heteroatoms. The first-order chi connectivity index (χ1) is 9.18. The first kappa shape index (κ1) is 13.6. The molecule has 2 aromatic rings. The fraction of sp³-hybridized carbons (Fsp3) is 0.133. The maximum Gasteiger partial charge on any atom is 0.173 e. The highest BCUT2D eigenvalue weighted by atomic mass is 35.5. The van der Waals surface area contributed by atoms with E-state index in [4.69, 9.17) is 16.3 Å². The molecule has 0 aliphatic heterocycles. The maximum absolute atomic E-state index is 13.4. The lowest BCUT2D eigenvalue weighted by Gasteiger charge is -2.08. The Morgan fingerprint density at radius 2 is 1.84 bits per heavy atom. The summed E-state index contributed by atoms with van der Waals surface area (Å²) in [5.74, 6) is -0.585. The number of Topliss-reactive ketones (excluding diaryl/α,β-unsaturated/α-hetero) is 1. The van der Waals surface area contributed by atoms with Gasteiger partial charge < -0.3 is 4.74 Å². The molecule has 2 rings (SSSR count). The topological polar surface area (TPSA) is 26.3 Å². The van der Waals surface area contributed by atoms with Gasteiger partial charge in [-0.05, 0) is 12.1 Å². The van der Waals surface area contributed by atoms with Crippen LogP contribution in [-0.2, 0) is 0 Å². The molecule has 0 unspecified atom stereocenters. The van der Waals surface area contributed by atoms with Gasteiger partial charge in [0.05, 0.1) is 11.6 Å². The van der Waals surface area contributed by atoms with E-state index >= 15 is 0 Å². The van der Waals surface area contributed by atoms with E-state index in [0.717, 1.165) is 0 Å². The minimum absolute atomic E-state index is 0.00923. The maximum atomic E-state index is 13.4. The predicted molar refractivity (Wildman–Crippen MR) is 72.3 cm³/mol. The molecule has 0 saturated carbocycles. The Labute approximate surface area is 115 Å². The zero-order chi connectivity index (χ0) is 13.7. The van der Waals surface area contributed by atoms with E-state index in [1.807, 2.05) is 6.07 Å². The highest BCUT2D eigenvalue weighted by Crippen LogP contribution is 2.27. The predicted octanol–water partition coefficient (Wildman–Crippen LogP) is 4.13. The van der Waals surface area contributed by atoms with Crippen molar-refractivity contribution < 1.29 is 13.9 Å². The van der Waals surface area contributed by atoms with E-state index in [0.29, 0.717) is 5.56 Å². The zero-order valence-corrected chi connectivity index (χ0v) is 10.9. The number of halogens is 2. The summed E-state index contributed by atoms with van der Waals surface area (Å²) < 4.78 is 18.6. The third-order valence-corrected chi connectivity index (χ3v) is 2.89. The van der Waals surface area contributed by atoms with Gasteiger partial charge in [-0.15, -0.1) is 0 Å². The number of carbonyl (C=O) groups excluding carboxylic acids is 1. The van der Waals surface area contributed by atoms with Crippen molar-refractivity contribution in [3.63, 3.8) is 0 Å². The Bertz CT molecular complexity index is 549.